The molecule has 0 saturated carbocycles. The summed E-state index contributed by atoms with van der Waals surface area (Å²) in [5.41, 5.74) is 3.70. The van der Waals surface area contributed by atoms with Crippen molar-refractivity contribution in [2.75, 3.05) is 14.2 Å². The molecular formula is C26H26O4. The lowest BCUT2D eigenvalue weighted by Crippen LogP contribution is -1.99. The van der Waals surface area contributed by atoms with E-state index in [4.69, 9.17) is 14.2 Å². The molecule has 0 bridgehead atoms. The summed E-state index contributed by atoms with van der Waals surface area (Å²) in [6.07, 6.45) is 4.36. The van der Waals surface area contributed by atoms with Crippen LogP contribution in [0.4, 0.5) is 0 Å². The maximum absolute atomic E-state index is 12.4. The first-order valence-electron chi connectivity index (χ1n) is 9.88. The highest BCUT2D eigenvalue weighted by atomic mass is 16.5. The van der Waals surface area contributed by atoms with Crippen molar-refractivity contribution in [2.24, 2.45) is 0 Å². The lowest BCUT2D eigenvalue weighted by molar-refractivity contribution is 0.104. The number of hydrogen-bond donors (Lipinski definition) is 0. The molecule has 0 spiro atoms. The summed E-state index contributed by atoms with van der Waals surface area (Å²) >= 11 is 0. The van der Waals surface area contributed by atoms with Crippen LogP contribution in [0.15, 0.2) is 72.8 Å². The molecule has 0 amide bonds. The van der Waals surface area contributed by atoms with E-state index < -0.39 is 0 Å². The van der Waals surface area contributed by atoms with Crippen LogP contribution in [0.1, 0.15) is 34.0 Å². The normalized spacial score (nSPS) is 10.8. The fourth-order valence-corrected chi connectivity index (χ4v) is 3.02. The fraction of sp³-hybridized carbons (Fsp3) is 0.192. The monoisotopic (exact) mass is 402 g/mol. The SMILES string of the molecule is CCc1ccc(OCc2cc(/C=C/C(=O)c3ccc(OC)cc3)ccc2OC)cc1. The summed E-state index contributed by atoms with van der Waals surface area (Å²) in [7, 11) is 3.24. The maximum Gasteiger partial charge on any atom is 0.185 e. The van der Waals surface area contributed by atoms with Gasteiger partial charge < -0.3 is 14.2 Å². The Bertz CT molecular complexity index is 1000. The van der Waals surface area contributed by atoms with E-state index in [-0.39, 0.29) is 5.78 Å². The Labute approximate surface area is 177 Å². The van der Waals surface area contributed by atoms with Crippen molar-refractivity contribution in [1.82, 2.24) is 0 Å². The minimum atomic E-state index is -0.0673. The average Bonchev–Trinajstić information content (AvgIpc) is 2.81. The summed E-state index contributed by atoms with van der Waals surface area (Å²) in [6, 6.07) is 20.9. The van der Waals surface area contributed by atoms with Crippen LogP contribution in [0.25, 0.3) is 6.08 Å². The van der Waals surface area contributed by atoms with E-state index in [1.54, 1.807) is 50.6 Å². The summed E-state index contributed by atoms with van der Waals surface area (Å²) < 4.78 is 16.5. The molecule has 0 atom stereocenters. The molecule has 3 aromatic carbocycles. The van der Waals surface area contributed by atoms with Crippen LogP contribution in [-0.4, -0.2) is 20.0 Å². The number of aryl methyl sites for hydroxylation is 1. The third-order valence-electron chi connectivity index (χ3n) is 4.83. The minimum absolute atomic E-state index is 0.0673. The quantitative estimate of drug-likeness (QED) is 0.338. The largest absolute Gasteiger partial charge is 0.497 e. The molecule has 0 aliphatic rings. The lowest BCUT2D eigenvalue weighted by atomic mass is 10.1. The number of ether oxygens (including phenoxy) is 3. The molecular weight excluding hydrogens is 376 g/mol. The number of methoxy groups -OCH3 is 2. The van der Waals surface area contributed by atoms with Gasteiger partial charge in [-0.15, -0.1) is 0 Å². The number of rotatable bonds is 9. The molecule has 154 valence electrons. The molecule has 0 aromatic heterocycles. The molecule has 0 fully saturated rings. The van der Waals surface area contributed by atoms with E-state index in [0.29, 0.717) is 12.2 Å². The van der Waals surface area contributed by atoms with Crippen molar-refractivity contribution in [2.45, 2.75) is 20.0 Å². The second-order valence-corrected chi connectivity index (χ2v) is 6.78. The molecule has 0 radical (unpaired) electrons. The molecule has 0 N–H and O–H groups in total. The minimum Gasteiger partial charge on any atom is -0.497 e. The topological polar surface area (TPSA) is 44.8 Å². The highest BCUT2D eigenvalue weighted by Crippen LogP contribution is 2.23. The van der Waals surface area contributed by atoms with Crippen molar-refractivity contribution in [3.8, 4) is 17.2 Å². The Morgan fingerprint density at radius 2 is 1.57 bits per heavy atom. The van der Waals surface area contributed by atoms with Gasteiger partial charge in [-0.3, -0.25) is 4.79 Å². The van der Waals surface area contributed by atoms with Gasteiger partial charge in [0.15, 0.2) is 5.78 Å². The van der Waals surface area contributed by atoms with Gasteiger partial charge in [-0.1, -0.05) is 31.2 Å². The highest BCUT2D eigenvalue weighted by molar-refractivity contribution is 6.06. The fourth-order valence-electron chi connectivity index (χ4n) is 3.02. The first-order valence-corrected chi connectivity index (χ1v) is 9.88. The van der Waals surface area contributed by atoms with Gasteiger partial charge in [0.1, 0.15) is 23.9 Å². The van der Waals surface area contributed by atoms with Crippen LogP contribution in [0.2, 0.25) is 0 Å². The molecule has 3 aromatic rings. The second kappa shape index (κ2) is 10.3. The average molecular weight is 402 g/mol. The van der Waals surface area contributed by atoms with Crippen molar-refractivity contribution in [3.05, 3.63) is 95.1 Å². The van der Waals surface area contributed by atoms with E-state index in [2.05, 4.69) is 19.1 Å². The predicted octanol–water partition coefficient (Wildman–Crippen LogP) is 5.74. The first kappa shape index (κ1) is 21.2. The maximum atomic E-state index is 12.4. The summed E-state index contributed by atoms with van der Waals surface area (Å²) in [5.74, 6) is 2.21. The van der Waals surface area contributed by atoms with Gasteiger partial charge in [0.2, 0.25) is 0 Å². The van der Waals surface area contributed by atoms with Crippen LogP contribution in [-0.2, 0) is 13.0 Å². The first-order chi connectivity index (χ1) is 14.6. The molecule has 0 aliphatic carbocycles. The van der Waals surface area contributed by atoms with Gasteiger partial charge in [-0.05, 0) is 72.2 Å². The zero-order valence-corrected chi connectivity index (χ0v) is 17.6. The van der Waals surface area contributed by atoms with E-state index in [0.717, 1.165) is 34.8 Å². The van der Waals surface area contributed by atoms with Gasteiger partial charge in [0.25, 0.3) is 0 Å². The Kier molecular flexibility index (Phi) is 7.28. The molecule has 4 nitrogen and oxygen atoms in total. The smallest absolute Gasteiger partial charge is 0.185 e. The van der Waals surface area contributed by atoms with Gasteiger partial charge >= 0.3 is 0 Å². The molecule has 4 heteroatoms. The Balaban J connectivity index is 1.70. The van der Waals surface area contributed by atoms with Gasteiger partial charge in [-0.2, -0.15) is 0 Å². The molecule has 30 heavy (non-hydrogen) atoms. The Morgan fingerprint density at radius 1 is 0.867 bits per heavy atom. The predicted molar refractivity (Wildman–Crippen MR) is 120 cm³/mol. The molecule has 0 unspecified atom stereocenters. The molecule has 0 aliphatic heterocycles. The zero-order valence-electron chi connectivity index (χ0n) is 17.6. The number of hydrogen-bond acceptors (Lipinski definition) is 4. The number of ketones is 1. The number of carbonyl (C=O) groups is 1. The summed E-state index contributed by atoms with van der Waals surface area (Å²) in [4.78, 5) is 12.4. The van der Waals surface area contributed by atoms with Crippen molar-refractivity contribution >= 4 is 11.9 Å². The molecule has 3 rings (SSSR count). The van der Waals surface area contributed by atoms with Crippen LogP contribution in [0.3, 0.4) is 0 Å². The Morgan fingerprint density at radius 3 is 2.20 bits per heavy atom. The van der Waals surface area contributed by atoms with Crippen molar-refractivity contribution < 1.29 is 19.0 Å². The summed E-state index contributed by atoms with van der Waals surface area (Å²) in [6.45, 7) is 2.50. The van der Waals surface area contributed by atoms with Crippen molar-refractivity contribution in [1.29, 1.82) is 0 Å². The highest BCUT2D eigenvalue weighted by Gasteiger charge is 2.06. The van der Waals surface area contributed by atoms with Gasteiger partial charge in [0.05, 0.1) is 14.2 Å². The number of carbonyl (C=O) groups excluding carboxylic acids is 1. The number of benzene rings is 3. The van der Waals surface area contributed by atoms with Crippen LogP contribution in [0.5, 0.6) is 17.2 Å². The lowest BCUT2D eigenvalue weighted by Gasteiger charge is -2.11. The van der Waals surface area contributed by atoms with Gasteiger partial charge in [-0.25, -0.2) is 0 Å². The van der Waals surface area contributed by atoms with Crippen LogP contribution < -0.4 is 14.2 Å². The van der Waals surface area contributed by atoms with E-state index in [1.807, 2.05) is 30.3 Å². The van der Waals surface area contributed by atoms with Crippen molar-refractivity contribution in [3.63, 3.8) is 0 Å². The second-order valence-electron chi connectivity index (χ2n) is 6.78. The van der Waals surface area contributed by atoms with E-state index in [1.165, 1.54) is 5.56 Å². The van der Waals surface area contributed by atoms with Crippen LogP contribution in [0, 0.1) is 0 Å². The van der Waals surface area contributed by atoms with E-state index in [9.17, 15) is 4.79 Å². The third-order valence-corrected chi connectivity index (χ3v) is 4.83. The zero-order chi connectivity index (χ0) is 21.3. The summed E-state index contributed by atoms with van der Waals surface area (Å²) in [5, 5.41) is 0. The van der Waals surface area contributed by atoms with E-state index >= 15 is 0 Å². The van der Waals surface area contributed by atoms with Gasteiger partial charge in [0, 0.05) is 11.1 Å². The third kappa shape index (κ3) is 5.51. The molecule has 0 heterocycles. The standard InChI is InChI=1S/C26H26O4/c1-4-19-5-11-24(12-6-19)30-18-22-17-20(8-16-26(22)29-3)7-15-25(27)21-9-13-23(28-2)14-10-21/h5-17H,4,18H2,1-3H3/b15-7+. The van der Waals surface area contributed by atoms with Crippen LogP contribution >= 0.6 is 0 Å². The Hall–Kier alpha value is -3.53. The molecule has 0 saturated heterocycles. The number of allylic oxidation sites excluding steroid dienone is 1.